The first-order valence-corrected chi connectivity index (χ1v) is 6.24. The van der Waals surface area contributed by atoms with Crippen molar-refractivity contribution in [2.24, 2.45) is 0 Å². The molecule has 0 aromatic heterocycles. The van der Waals surface area contributed by atoms with Crippen molar-refractivity contribution >= 4 is 12.0 Å². The fourth-order valence-corrected chi connectivity index (χ4v) is 1.84. The monoisotopic (exact) mass is 305 g/mol. The zero-order valence-corrected chi connectivity index (χ0v) is 11.6. The highest BCUT2D eigenvalue weighted by Gasteiger charge is 2.22. The summed E-state index contributed by atoms with van der Waals surface area (Å²) in [5, 5.41) is 11.1. The molecule has 6 nitrogen and oxygen atoms in total. The number of aldehydes is 1. The Morgan fingerprint density at radius 1 is 1.27 bits per heavy atom. The van der Waals surface area contributed by atoms with Gasteiger partial charge in [0.05, 0.1) is 12.0 Å². The Bertz CT molecular complexity index is 700. The van der Waals surface area contributed by atoms with E-state index in [2.05, 4.69) is 0 Å². The van der Waals surface area contributed by atoms with Crippen LogP contribution in [0.2, 0.25) is 0 Å². The molecule has 0 aliphatic rings. The molecule has 2 aromatic rings. The fourth-order valence-electron chi connectivity index (χ4n) is 1.84. The summed E-state index contributed by atoms with van der Waals surface area (Å²) in [6, 6.07) is 8.00. The van der Waals surface area contributed by atoms with Gasteiger partial charge < -0.3 is 9.47 Å². The van der Waals surface area contributed by atoms with Crippen molar-refractivity contribution in [1.82, 2.24) is 0 Å². The standard InChI is InChI=1S/C15H12FNO5/c1-21-14-7-11(8-18)6-13(17(19)20)15(14)22-9-10-2-4-12(16)5-3-10/h2-8H,9H2,1H3. The fraction of sp³-hybridized carbons (Fsp3) is 0.133. The van der Waals surface area contributed by atoms with Crippen LogP contribution in [0.15, 0.2) is 36.4 Å². The van der Waals surface area contributed by atoms with E-state index in [4.69, 9.17) is 9.47 Å². The maximum Gasteiger partial charge on any atom is 0.315 e. The molecule has 0 N–H and O–H groups in total. The van der Waals surface area contributed by atoms with Crippen molar-refractivity contribution in [3.63, 3.8) is 0 Å². The van der Waals surface area contributed by atoms with Crippen molar-refractivity contribution < 1.29 is 23.6 Å². The molecule has 0 radical (unpaired) electrons. The van der Waals surface area contributed by atoms with Crippen molar-refractivity contribution in [3.8, 4) is 11.5 Å². The highest BCUT2D eigenvalue weighted by Crippen LogP contribution is 2.38. The molecule has 22 heavy (non-hydrogen) atoms. The lowest BCUT2D eigenvalue weighted by atomic mass is 10.2. The molecule has 2 aromatic carbocycles. The molecular formula is C15H12FNO5. The molecule has 114 valence electrons. The van der Waals surface area contributed by atoms with E-state index >= 15 is 0 Å². The van der Waals surface area contributed by atoms with Gasteiger partial charge in [0.15, 0.2) is 5.75 Å². The number of carbonyl (C=O) groups excluding carboxylic acids is 1. The van der Waals surface area contributed by atoms with Crippen LogP contribution < -0.4 is 9.47 Å². The number of benzene rings is 2. The Kier molecular flexibility index (Phi) is 4.67. The molecule has 0 saturated carbocycles. The predicted octanol–water partition coefficient (Wildman–Crippen LogP) is 3.13. The average molecular weight is 305 g/mol. The van der Waals surface area contributed by atoms with Gasteiger partial charge in [-0.1, -0.05) is 12.1 Å². The third-order valence-electron chi connectivity index (χ3n) is 2.91. The second kappa shape index (κ2) is 6.66. The summed E-state index contributed by atoms with van der Waals surface area (Å²) in [6.45, 7) is -0.00207. The molecule has 0 amide bonds. The highest BCUT2D eigenvalue weighted by atomic mass is 19.1. The van der Waals surface area contributed by atoms with Gasteiger partial charge in [-0.3, -0.25) is 14.9 Å². The molecule has 0 aliphatic heterocycles. The lowest BCUT2D eigenvalue weighted by Crippen LogP contribution is -2.02. The van der Waals surface area contributed by atoms with Gasteiger partial charge in [0.25, 0.3) is 0 Å². The Balaban J connectivity index is 2.33. The largest absolute Gasteiger partial charge is 0.493 e. The molecule has 0 heterocycles. The zero-order chi connectivity index (χ0) is 16.1. The van der Waals surface area contributed by atoms with E-state index in [1.165, 1.54) is 37.4 Å². The van der Waals surface area contributed by atoms with Crippen LogP contribution in [0.4, 0.5) is 10.1 Å². The molecule has 0 aliphatic carbocycles. The van der Waals surface area contributed by atoms with E-state index in [1.807, 2.05) is 0 Å². The molecule has 0 saturated heterocycles. The molecular weight excluding hydrogens is 293 g/mol. The molecule has 2 rings (SSSR count). The smallest absolute Gasteiger partial charge is 0.315 e. The number of methoxy groups -OCH3 is 1. The van der Waals surface area contributed by atoms with Crippen LogP contribution in [0.25, 0.3) is 0 Å². The van der Waals surface area contributed by atoms with Crippen LogP contribution in [0, 0.1) is 15.9 Å². The lowest BCUT2D eigenvalue weighted by molar-refractivity contribution is -0.386. The number of hydrogen-bond donors (Lipinski definition) is 0. The van der Waals surface area contributed by atoms with Gasteiger partial charge in [-0.05, 0) is 23.8 Å². The van der Waals surface area contributed by atoms with Gasteiger partial charge in [0.2, 0.25) is 5.75 Å². The van der Waals surface area contributed by atoms with Crippen LogP contribution in [-0.4, -0.2) is 18.3 Å². The van der Waals surface area contributed by atoms with Crippen molar-refractivity contribution in [3.05, 3.63) is 63.5 Å². The number of nitro benzene ring substituents is 1. The molecule has 0 fully saturated rings. The van der Waals surface area contributed by atoms with Crippen molar-refractivity contribution in [1.29, 1.82) is 0 Å². The first-order chi connectivity index (χ1) is 10.5. The highest BCUT2D eigenvalue weighted by molar-refractivity contribution is 5.79. The third kappa shape index (κ3) is 3.38. The number of hydrogen-bond acceptors (Lipinski definition) is 5. The molecule has 0 atom stereocenters. The number of carbonyl (C=O) groups is 1. The van der Waals surface area contributed by atoms with Crippen LogP contribution in [0.1, 0.15) is 15.9 Å². The van der Waals surface area contributed by atoms with Gasteiger partial charge in [0, 0.05) is 11.6 Å². The summed E-state index contributed by atoms with van der Waals surface area (Å²) in [5.74, 6) is -0.386. The minimum Gasteiger partial charge on any atom is -0.493 e. The maximum atomic E-state index is 12.8. The molecule has 7 heteroatoms. The SMILES string of the molecule is COc1cc(C=O)cc([N+](=O)[O-])c1OCc1ccc(F)cc1. The Morgan fingerprint density at radius 3 is 2.50 bits per heavy atom. The van der Waals surface area contributed by atoms with Gasteiger partial charge in [-0.15, -0.1) is 0 Å². The van der Waals surface area contributed by atoms with E-state index in [0.717, 1.165) is 6.07 Å². The molecule has 0 spiro atoms. The van der Waals surface area contributed by atoms with Gasteiger partial charge in [-0.25, -0.2) is 4.39 Å². The predicted molar refractivity (Wildman–Crippen MR) is 75.8 cm³/mol. The number of halogens is 1. The summed E-state index contributed by atoms with van der Waals surface area (Å²) >= 11 is 0. The Labute approximate surface area is 125 Å². The summed E-state index contributed by atoms with van der Waals surface area (Å²) in [5.41, 5.74) is 0.374. The lowest BCUT2D eigenvalue weighted by Gasteiger charge is -2.11. The van der Waals surface area contributed by atoms with Gasteiger partial charge in [0.1, 0.15) is 18.7 Å². The Morgan fingerprint density at radius 2 is 1.95 bits per heavy atom. The van der Waals surface area contributed by atoms with Crippen molar-refractivity contribution in [2.45, 2.75) is 6.61 Å². The summed E-state index contributed by atoms with van der Waals surface area (Å²) in [4.78, 5) is 21.3. The molecule has 0 bridgehead atoms. The van der Waals surface area contributed by atoms with E-state index in [1.54, 1.807) is 0 Å². The van der Waals surface area contributed by atoms with E-state index in [0.29, 0.717) is 11.8 Å². The van der Waals surface area contributed by atoms with Gasteiger partial charge in [-0.2, -0.15) is 0 Å². The van der Waals surface area contributed by atoms with Crippen LogP contribution in [0.5, 0.6) is 11.5 Å². The molecule has 0 unspecified atom stereocenters. The van der Waals surface area contributed by atoms with Crippen molar-refractivity contribution in [2.75, 3.05) is 7.11 Å². The second-order valence-corrected chi connectivity index (χ2v) is 4.36. The number of ether oxygens (including phenoxy) is 2. The van der Waals surface area contributed by atoms with E-state index in [-0.39, 0.29) is 35.2 Å². The number of nitro groups is 1. The summed E-state index contributed by atoms with van der Waals surface area (Å²) < 4.78 is 23.3. The van der Waals surface area contributed by atoms with Crippen LogP contribution in [-0.2, 0) is 6.61 Å². The van der Waals surface area contributed by atoms with Crippen LogP contribution >= 0.6 is 0 Å². The Hall–Kier alpha value is -2.96. The minimum atomic E-state index is -0.657. The van der Waals surface area contributed by atoms with E-state index < -0.39 is 4.92 Å². The summed E-state index contributed by atoms with van der Waals surface area (Å²) in [7, 11) is 1.32. The summed E-state index contributed by atoms with van der Waals surface area (Å²) in [6.07, 6.45) is 0.485. The first kappa shape index (κ1) is 15.4. The number of nitrogens with zero attached hydrogens (tertiary/aromatic N) is 1. The third-order valence-corrected chi connectivity index (χ3v) is 2.91. The second-order valence-electron chi connectivity index (χ2n) is 4.36. The van der Waals surface area contributed by atoms with E-state index in [9.17, 15) is 19.3 Å². The normalized spacial score (nSPS) is 10.1. The maximum absolute atomic E-state index is 12.8. The zero-order valence-electron chi connectivity index (χ0n) is 11.6. The topological polar surface area (TPSA) is 78.7 Å². The number of rotatable bonds is 6. The first-order valence-electron chi connectivity index (χ1n) is 6.24. The van der Waals surface area contributed by atoms with Crippen LogP contribution in [0.3, 0.4) is 0 Å². The quantitative estimate of drug-likeness (QED) is 0.465. The minimum absolute atomic E-state index is 0.00207. The van der Waals surface area contributed by atoms with Gasteiger partial charge >= 0.3 is 5.69 Å². The average Bonchev–Trinajstić information content (AvgIpc) is 2.53.